The van der Waals surface area contributed by atoms with Gasteiger partial charge in [-0.25, -0.2) is 4.79 Å². The van der Waals surface area contributed by atoms with Crippen LogP contribution < -0.4 is 21.7 Å². The molecule has 6 amide bonds. The molecule has 307 valence electrons. The van der Waals surface area contributed by atoms with Crippen molar-refractivity contribution >= 4 is 42.7 Å². The molecule has 1 radical (unpaired) electrons. The second kappa shape index (κ2) is 18.0. The number of Topliss-reactive ketones (excluding diaryl/α,β-unsaturated/α-hetero) is 1. The van der Waals surface area contributed by atoms with Gasteiger partial charge in [-0.05, 0) is 81.5 Å². The highest BCUT2D eigenvalue weighted by Crippen LogP contribution is 2.50. The molecule has 5 N–H and O–H groups in total. The number of nitrogens with one attached hydrogen (secondary N) is 3. The molecule has 0 aromatic carbocycles. The van der Waals surface area contributed by atoms with Gasteiger partial charge in [0.15, 0.2) is 7.28 Å². The van der Waals surface area contributed by atoms with Crippen LogP contribution in [0, 0.1) is 29.1 Å². The summed E-state index contributed by atoms with van der Waals surface area (Å²) in [6, 6.07) is -3.34. The van der Waals surface area contributed by atoms with Gasteiger partial charge in [-0.2, -0.15) is 0 Å². The summed E-state index contributed by atoms with van der Waals surface area (Å²) in [5.41, 5.74) is 5.27. The third-order valence-corrected chi connectivity index (χ3v) is 13.4. The Hall–Kier alpha value is -3.16. The number of primary amides is 1. The first kappa shape index (κ1) is 43.0. The predicted octanol–water partition coefficient (Wildman–Crippen LogP) is 3.89. The number of hydrogen-bond donors (Lipinski definition) is 4. The minimum atomic E-state index is -1.11. The van der Waals surface area contributed by atoms with Crippen molar-refractivity contribution in [3.05, 3.63) is 0 Å². The number of hydrogen-bond acceptors (Lipinski definition) is 7. The first-order valence-corrected chi connectivity index (χ1v) is 21.2. The lowest BCUT2D eigenvalue weighted by atomic mass is 9.50. The number of rotatable bonds is 14. The molecule has 0 spiro atoms. The third kappa shape index (κ3) is 10.8. The number of ketones is 1. The summed E-state index contributed by atoms with van der Waals surface area (Å²) in [5.74, 6) is -3.44. The Morgan fingerprint density at radius 2 is 1.38 bits per heavy atom. The van der Waals surface area contributed by atoms with E-state index in [0.29, 0.717) is 38.4 Å². The molecule has 55 heavy (non-hydrogen) atoms. The van der Waals surface area contributed by atoms with Gasteiger partial charge < -0.3 is 36.2 Å². The molecule has 2 saturated heterocycles. The van der Waals surface area contributed by atoms with Gasteiger partial charge in [0.1, 0.15) is 12.1 Å². The highest BCUT2D eigenvalue weighted by Gasteiger charge is 2.51. The van der Waals surface area contributed by atoms with E-state index in [1.165, 1.54) is 0 Å². The van der Waals surface area contributed by atoms with Gasteiger partial charge in [0.25, 0.3) is 5.91 Å². The number of likely N-dealkylation sites (tertiary alicyclic amines) is 1. The van der Waals surface area contributed by atoms with E-state index in [9.17, 15) is 28.8 Å². The number of ether oxygens (including phenoxy) is 1. The Kier molecular flexibility index (Phi) is 14.0. The number of carbonyl (C=O) groups excluding carboxylic acids is 6. The molecule has 7 atom stereocenters. The van der Waals surface area contributed by atoms with Crippen LogP contribution in [0.4, 0.5) is 4.79 Å². The summed E-state index contributed by atoms with van der Waals surface area (Å²) in [4.78, 5) is 85.6. The lowest BCUT2D eigenvalue weighted by Gasteiger charge is -2.44. The summed E-state index contributed by atoms with van der Waals surface area (Å²) in [6.45, 7) is 15.3. The van der Waals surface area contributed by atoms with Crippen LogP contribution in [0.1, 0.15) is 132 Å². The molecule has 2 aliphatic heterocycles. The Morgan fingerprint density at radius 1 is 0.764 bits per heavy atom. The van der Waals surface area contributed by atoms with Crippen molar-refractivity contribution in [1.29, 1.82) is 0 Å². The van der Waals surface area contributed by atoms with Crippen LogP contribution in [-0.2, 0) is 28.7 Å². The number of nitrogens with two attached hydrogens (primary N) is 1. The lowest BCUT2D eigenvalue weighted by Crippen LogP contribution is -2.62. The average molecular weight is 768 g/mol. The van der Waals surface area contributed by atoms with Crippen molar-refractivity contribution in [3.8, 4) is 0 Å². The van der Waals surface area contributed by atoms with Gasteiger partial charge in [-0.3, -0.25) is 24.0 Å². The van der Waals surface area contributed by atoms with Crippen LogP contribution >= 0.6 is 0 Å². The fourth-order valence-corrected chi connectivity index (χ4v) is 9.67. The third-order valence-electron chi connectivity index (χ3n) is 13.4. The van der Waals surface area contributed by atoms with Crippen molar-refractivity contribution in [1.82, 2.24) is 25.8 Å². The van der Waals surface area contributed by atoms with Gasteiger partial charge in [-0.15, -0.1) is 0 Å². The van der Waals surface area contributed by atoms with E-state index in [1.54, 1.807) is 17.1 Å². The normalized spacial score (nSPS) is 27.2. The molecular weight excluding hydrogens is 699 g/mol. The quantitative estimate of drug-likeness (QED) is 0.153. The van der Waals surface area contributed by atoms with Crippen LogP contribution in [0.2, 0.25) is 5.31 Å². The Bertz CT molecular complexity index is 1410. The van der Waals surface area contributed by atoms with E-state index in [-0.39, 0.29) is 41.3 Å². The number of carbonyl (C=O) groups is 6. The average Bonchev–Trinajstić information content (AvgIpc) is 3.52. The number of nitrogens with zero attached hydrogens (tertiary/aromatic N) is 2. The molecule has 0 aromatic heterocycles. The van der Waals surface area contributed by atoms with E-state index >= 15 is 0 Å². The SMILES string of the molecule is C[C@@H]1CN(C(=O)[C@@H](NC(=O)NC([B]C(C)(C)C)C(=O)N2CC(C(C)(C)C3CCC3)C[C@H]2C(=O)NC(CC2CCC2)C(=O)C(N)=O)C2CCCCC2)C[C@H](C)O1. The Morgan fingerprint density at radius 3 is 1.91 bits per heavy atom. The zero-order valence-electron chi connectivity index (χ0n) is 34.5. The van der Waals surface area contributed by atoms with Crippen LogP contribution in [0.3, 0.4) is 0 Å². The highest BCUT2D eigenvalue weighted by atomic mass is 16.5. The lowest BCUT2D eigenvalue weighted by molar-refractivity contribution is -0.146. The molecule has 5 aliphatic rings. The predicted molar refractivity (Wildman–Crippen MR) is 211 cm³/mol. The molecule has 13 nitrogen and oxygen atoms in total. The summed E-state index contributed by atoms with van der Waals surface area (Å²) in [7, 11) is 1.78. The molecule has 0 bridgehead atoms. The van der Waals surface area contributed by atoms with Crippen LogP contribution in [0.15, 0.2) is 0 Å². The number of morpholine rings is 1. The molecule has 3 unspecified atom stereocenters. The smallest absolute Gasteiger partial charge is 0.315 e. The second-order valence-corrected chi connectivity index (χ2v) is 19.2. The van der Waals surface area contributed by atoms with E-state index in [2.05, 4.69) is 29.8 Å². The van der Waals surface area contributed by atoms with Crippen molar-refractivity contribution in [2.45, 2.75) is 174 Å². The van der Waals surface area contributed by atoms with Crippen LogP contribution in [-0.4, -0.2) is 108 Å². The van der Waals surface area contributed by atoms with Gasteiger partial charge in [-0.1, -0.05) is 84.9 Å². The van der Waals surface area contributed by atoms with Crippen molar-refractivity contribution < 1.29 is 33.5 Å². The minimum Gasteiger partial charge on any atom is -0.372 e. The van der Waals surface area contributed by atoms with Crippen molar-refractivity contribution in [2.24, 2.45) is 34.8 Å². The molecule has 2 heterocycles. The van der Waals surface area contributed by atoms with Crippen LogP contribution in [0.5, 0.6) is 0 Å². The van der Waals surface area contributed by atoms with Crippen LogP contribution in [0.25, 0.3) is 0 Å². The fraction of sp³-hybridized carbons (Fsp3) is 0.854. The number of urea groups is 1. The number of amides is 6. The summed E-state index contributed by atoms with van der Waals surface area (Å²) in [5, 5.41) is 8.29. The molecule has 14 heteroatoms. The highest BCUT2D eigenvalue weighted by molar-refractivity contribution is 6.48. The van der Waals surface area contributed by atoms with Gasteiger partial charge >= 0.3 is 6.03 Å². The van der Waals surface area contributed by atoms with E-state index < -0.39 is 58.9 Å². The van der Waals surface area contributed by atoms with E-state index in [0.717, 1.165) is 70.6 Å². The Labute approximate surface area is 329 Å². The van der Waals surface area contributed by atoms with Gasteiger partial charge in [0.05, 0.1) is 24.2 Å². The molecule has 5 fully saturated rings. The van der Waals surface area contributed by atoms with Crippen molar-refractivity contribution in [3.63, 3.8) is 0 Å². The standard InChI is InChI=1S/C41H68BN6O7/c1-24-21-47(22-25(2)55-24)37(52)32(27-15-9-8-10-16-27)45-39(54)46-34(42-40(3,4)5)38(53)48-23-29(41(6,7)28-17-12-18-28)20-31(48)36(51)44-30(33(49)35(43)50)19-26-13-11-14-26/h24-32,34H,8-23H2,1-7H3,(H2,43,50)(H,44,51)(H2,45,46,54)/t24-,25+,29?,30?,31-,32-,34?/m0/s1. The topological polar surface area (TPSA) is 180 Å². The zero-order valence-corrected chi connectivity index (χ0v) is 34.5. The van der Waals surface area contributed by atoms with E-state index in [1.807, 2.05) is 34.6 Å². The molecule has 3 aliphatic carbocycles. The maximum atomic E-state index is 14.8. The summed E-state index contributed by atoms with van der Waals surface area (Å²) in [6.07, 6.45) is 11.4. The first-order valence-electron chi connectivity index (χ1n) is 21.2. The Balaban J connectivity index is 1.38. The minimum absolute atomic E-state index is 0.00912. The second-order valence-electron chi connectivity index (χ2n) is 19.2. The monoisotopic (exact) mass is 768 g/mol. The fourth-order valence-electron chi connectivity index (χ4n) is 9.67. The molecule has 3 saturated carbocycles. The first-order chi connectivity index (χ1) is 25.8. The van der Waals surface area contributed by atoms with E-state index in [4.69, 9.17) is 10.5 Å². The largest absolute Gasteiger partial charge is 0.372 e. The maximum Gasteiger partial charge on any atom is 0.315 e. The molecule has 0 aromatic rings. The van der Waals surface area contributed by atoms with Gasteiger partial charge in [0, 0.05) is 19.6 Å². The zero-order chi connectivity index (χ0) is 40.2. The molecular formula is C41H68BN6O7. The summed E-state index contributed by atoms with van der Waals surface area (Å²) < 4.78 is 5.89. The van der Waals surface area contributed by atoms with Crippen molar-refractivity contribution in [2.75, 3.05) is 19.6 Å². The van der Waals surface area contributed by atoms with Gasteiger partial charge in [0.2, 0.25) is 23.5 Å². The summed E-state index contributed by atoms with van der Waals surface area (Å²) >= 11 is 0. The molecule has 5 rings (SSSR count). The maximum absolute atomic E-state index is 14.8.